The first kappa shape index (κ1) is 16.1. The highest BCUT2D eigenvalue weighted by atomic mass is 32.1. The highest BCUT2D eigenvalue weighted by Crippen LogP contribution is 2.38. The number of aryl methyl sites for hydroxylation is 1. The Hall–Kier alpha value is -3.10. The van der Waals surface area contributed by atoms with Gasteiger partial charge in [-0.05, 0) is 55.5 Å². The lowest BCUT2D eigenvalue weighted by Crippen LogP contribution is -2.11. The van der Waals surface area contributed by atoms with Gasteiger partial charge in [-0.3, -0.25) is 4.79 Å². The summed E-state index contributed by atoms with van der Waals surface area (Å²) in [7, 11) is 0. The van der Waals surface area contributed by atoms with Crippen molar-refractivity contribution in [2.45, 2.75) is 25.7 Å². The number of para-hydroxylation sites is 1. The molecule has 27 heavy (non-hydrogen) atoms. The van der Waals surface area contributed by atoms with Gasteiger partial charge in [0.1, 0.15) is 22.2 Å². The van der Waals surface area contributed by atoms with Crippen LogP contribution in [0.1, 0.15) is 39.2 Å². The number of hydrogen-bond donors (Lipinski definition) is 1. The Kier molecular flexibility index (Phi) is 3.73. The maximum Gasteiger partial charge on any atom is 0.256 e. The predicted octanol–water partition coefficient (Wildman–Crippen LogP) is 5.65. The lowest BCUT2D eigenvalue weighted by atomic mass is 9.96. The second-order valence-corrected chi connectivity index (χ2v) is 7.90. The number of thiophene rings is 1. The van der Waals surface area contributed by atoms with E-state index in [1.807, 2.05) is 36.4 Å². The summed E-state index contributed by atoms with van der Waals surface area (Å²) in [6.45, 7) is 0. The van der Waals surface area contributed by atoms with Gasteiger partial charge in [-0.15, -0.1) is 11.3 Å². The number of carbonyl (C=O) groups is 1. The molecule has 2 aromatic carbocycles. The van der Waals surface area contributed by atoms with E-state index in [-0.39, 0.29) is 5.91 Å². The molecule has 0 saturated heterocycles. The molecule has 4 nitrogen and oxygen atoms in total. The molecule has 2 heterocycles. The quantitative estimate of drug-likeness (QED) is 0.494. The first-order valence-corrected chi connectivity index (χ1v) is 9.83. The van der Waals surface area contributed by atoms with Gasteiger partial charge in [-0.1, -0.05) is 18.2 Å². The molecule has 0 radical (unpaired) electrons. The van der Waals surface area contributed by atoms with Crippen LogP contribution in [0.2, 0.25) is 0 Å². The number of carbonyl (C=O) groups excluding carboxylic acids is 1. The summed E-state index contributed by atoms with van der Waals surface area (Å²) in [6, 6.07) is 15.5. The SMILES string of the molecule is N#Cc1c(NC(=O)c2ccc3oc4ccccc4c3c2)sc2c1CCCC2. The molecule has 1 aliphatic rings. The van der Waals surface area contributed by atoms with Crippen LogP contribution in [0.3, 0.4) is 0 Å². The van der Waals surface area contributed by atoms with Crippen LogP contribution in [-0.2, 0) is 12.8 Å². The number of anilines is 1. The van der Waals surface area contributed by atoms with Gasteiger partial charge in [0.2, 0.25) is 0 Å². The highest BCUT2D eigenvalue weighted by molar-refractivity contribution is 7.16. The van der Waals surface area contributed by atoms with Gasteiger partial charge in [0.25, 0.3) is 5.91 Å². The molecule has 0 spiro atoms. The summed E-state index contributed by atoms with van der Waals surface area (Å²) >= 11 is 1.54. The van der Waals surface area contributed by atoms with Gasteiger partial charge in [0.15, 0.2) is 0 Å². The van der Waals surface area contributed by atoms with Crippen LogP contribution in [0.5, 0.6) is 0 Å². The van der Waals surface area contributed by atoms with E-state index >= 15 is 0 Å². The van der Waals surface area contributed by atoms with Gasteiger partial charge in [-0.2, -0.15) is 5.26 Å². The number of fused-ring (bicyclic) bond motifs is 4. The van der Waals surface area contributed by atoms with Gasteiger partial charge >= 0.3 is 0 Å². The number of hydrogen-bond acceptors (Lipinski definition) is 4. The third kappa shape index (κ3) is 2.61. The first-order valence-electron chi connectivity index (χ1n) is 9.02. The van der Waals surface area contributed by atoms with E-state index in [2.05, 4.69) is 11.4 Å². The van der Waals surface area contributed by atoms with Gasteiger partial charge in [0.05, 0.1) is 5.56 Å². The zero-order valence-corrected chi connectivity index (χ0v) is 15.4. The summed E-state index contributed by atoms with van der Waals surface area (Å²) < 4.78 is 5.82. The van der Waals surface area contributed by atoms with E-state index in [4.69, 9.17) is 4.42 Å². The van der Waals surface area contributed by atoms with Crippen molar-refractivity contribution in [2.75, 3.05) is 5.32 Å². The third-order valence-electron chi connectivity index (χ3n) is 5.15. The normalized spacial score (nSPS) is 13.4. The minimum absolute atomic E-state index is 0.197. The average molecular weight is 372 g/mol. The molecule has 5 rings (SSSR count). The molecule has 1 N–H and O–H groups in total. The number of furan rings is 1. The summed E-state index contributed by atoms with van der Waals surface area (Å²) in [6.07, 6.45) is 4.18. The fourth-order valence-electron chi connectivity index (χ4n) is 3.81. The van der Waals surface area contributed by atoms with Crippen LogP contribution in [0.4, 0.5) is 5.00 Å². The largest absolute Gasteiger partial charge is 0.456 e. The van der Waals surface area contributed by atoms with Gasteiger partial charge in [0, 0.05) is 21.2 Å². The molecule has 2 aromatic heterocycles. The van der Waals surface area contributed by atoms with Gasteiger partial charge < -0.3 is 9.73 Å². The van der Waals surface area contributed by atoms with Crippen LogP contribution in [0.25, 0.3) is 21.9 Å². The zero-order chi connectivity index (χ0) is 18.4. The standard InChI is InChI=1S/C22H16N2O2S/c23-12-17-15-6-2-4-8-20(15)27-22(17)24-21(25)13-9-10-19-16(11-13)14-5-1-3-7-18(14)26-19/h1,3,5,7,9-11H,2,4,6,8H2,(H,24,25). The summed E-state index contributed by atoms with van der Waals surface area (Å²) in [5.41, 5.74) is 3.89. The van der Waals surface area contributed by atoms with E-state index in [0.717, 1.165) is 53.2 Å². The molecule has 0 aliphatic heterocycles. The Morgan fingerprint density at radius 1 is 1.07 bits per heavy atom. The molecule has 0 atom stereocenters. The minimum atomic E-state index is -0.197. The second kappa shape index (κ2) is 6.26. The highest BCUT2D eigenvalue weighted by Gasteiger charge is 2.22. The van der Waals surface area contributed by atoms with E-state index in [1.165, 1.54) is 4.88 Å². The lowest BCUT2D eigenvalue weighted by Gasteiger charge is -2.09. The molecule has 5 heteroatoms. The van der Waals surface area contributed by atoms with Crippen molar-refractivity contribution in [1.82, 2.24) is 0 Å². The average Bonchev–Trinajstić information content (AvgIpc) is 3.24. The molecule has 0 unspecified atom stereocenters. The number of nitrogens with one attached hydrogen (secondary N) is 1. The Bertz CT molecular complexity index is 1240. The molecule has 1 amide bonds. The second-order valence-electron chi connectivity index (χ2n) is 6.79. The number of benzene rings is 2. The first-order chi connectivity index (χ1) is 13.2. The van der Waals surface area contributed by atoms with Crippen molar-refractivity contribution in [3.8, 4) is 6.07 Å². The molecule has 0 bridgehead atoms. The van der Waals surface area contributed by atoms with E-state index in [1.54, 1.807) is 17.4 Å². The van der Waals surface area contributed by atoms with Crippen molar-refractivity contribution in [1.29, 1.82) is 5.26 Å². The maximum atomic E-state index is 12.9. The number of nitriles is 1. The van der Waals surface area contributed by atoms with Gasteiger partial charge in [-0.25, -0.2) is 0 Å². The monoisotopic (exact) mass is 372 g/mol. The van der Waals surface area contributed by atoms with Crippen LogP contribution >= 0.6 is 11.3 Å². The van der Waals surface area contributed by atoms with Crippen molar-refractivity contribution >= 4 is 44.2 Å². The molecule has 0 saturated carbocycles. The van der Waals surface area contributed by atoms with E-state index in [0.29, 0.717) is 16.1 Å². The number of rotatable bonds is 2. The number of nitrogens with zero attached hydrogens (tertiary/aromatic N) is 1. The lowest BCUT2D eigenvalue weighted by molar-refractivity contribution is 0.102. The Morgan fingerprint density at radius 2 is 1.89 bits per heavy atom. The molecule has 0 fully saturated rings. The minimum Gasteiger partial charge on any atom is -0.456 e. The fourth-order valence-corrected chi connectivity index (χ4v) is 5.05. The summed E-state index contributed by atoms with van der Waals surface area (Å²) in [5, 5.41) is 15.1. The summed E-state index contributed by atoms with van der Waals surface area (Å²) in [5.74, 6) is -0.197. The Balaban J connectivity index is 1.52. The van der Waals surface area contributed by atoms with Crippen LogP contribution in [0, 0.1) is 11.3 Å². The van der Waals surface area contributed by atoms with Crippen molar-refractivity contribution in [2.24, 2.45) is 0 Å². The van der Waals surface area contributed by atoms with Crippen molar-refractivity contribution < 1.29 is 9.21 Å². The molecule has 1 aliphatic carbocycles. The maximum absolute atomic E-state index is 12.9. The molecule has 132 valence electrons. The summed E-state index contributed by atoms with van der Waals surface area (Å²) in [4.78, 5) is 14.1. The molecular formula is C22H16N2O2S. The smallest absolute Gasteiger partial charge is 0.256 e. The van der Waals surface area contributed by atoms with Crippen LogP contribution < -0.4 is 5.32 Å². The van der Waals surface area contributed by atoms with Crippen molar-refractivity contribution in [3.05, 3.63) is 64.0 Å². The zero-order valence-electron chi connectivity index (χ0n) is 14.5. The third-order valence-corrected chi connectivity index (χ3v) is 6.36. The molecule has 4 aromatic rings. The topological polar surface area (TPSA) is 66.0 Å². The Morgan fingerprint density at radius 3 is 2.78 bits per heavy atom. The van der Waals surface area contributed by atoms with E-state index < -0.39 is 0 Å². The Labute approximate surface area is 160 Å². The van der Waals surface area contributed by atoms with E-state index in [9.17, 15) is 10.1 Å². The van der Waals surface area contributed by atoms with Crippen LogP contribution in [-0.4, -0.2) is 5.91 Å². The van der Waals surface area contributed by atoms with Crippen LogP contribution in [0.15, 0.2) is 46.9 Å². The number of amides is 1. The fraction of sp³-hybridized carbons (Fsp3) is 0.182. The molecular weight excluding hydrogens is 356 g/mol. The predicted molar refractivity (Wildman–Crippen MR) is 107 cm³/mol. The van der Waals surface area contributed by atoms with Crippen molar-refractivity contribution in [3.63, 3.8) is 0 Å².